The van der Waals surface area contributed by atoms with Crippen molar-refractivity contribution in [1.29, 1.82) is 0 Å². The summed E-state index contributed by atoms with van der Waals surface area (Å²) < 4.78 is 0. The molecule has 0 bridgehead atoms. The maximum atomic E-state index is 10.7. The zero-order valence-corrected chi connectivity index (χ0v) is 13.6. The molecule has 21 heavy (non-hydrogen) atoms. The summed E-state index contributed by atoms with van der Waals surface area (Å²) in [5, 5.41) is 11.6. The van der Waals surface area contributed by atoms with Gasteiger partial charge >= 0.3 is 0 Å². The Morgan fingerprint density at radius 3 is 2.19 bits per heavy atom. The fraction of sp³-hybridized carbons (Fsp3) is 0.294. The first-order chi connectivity index (χ1) is 9.93. The molecular formula is C17H19Cl2NO. The fourth-order valence-electron chi connectivity index (χ4n) is 2.37. The molecule has 2 aromatic carbocycles. The monoisotopic (exact) mass is 323 g/mol. The van der Waals surface area contributed by atoms with E-state index in [0.717, 1.165) is 16.7 Å². The van der Waals surface area contributed by atoms with E-state index in [1.54, 1.807) is 12.1 Å². The molecule has 0 saturated heterocycles. The number of benzene rings is 2. The Labute approximate surface area is 135 Å². The van der Waals surface area contributed by atoms with Gasteiger partial charge in [-0.2, -0.15) is 0 Å². The van der Waals surface area contributed by atoms with Gasteiger partial charge in [0.15, 0.2) is 0 Å². The van der Waals surface area contributed by atoms with Gasteiger partial charge in [-0.1, -0.05) is 47.5 Å². The SMILES string of the molecule is Cc1ccc(C(O)C(CN)c2ccc(Cl)c(Cl)c2)cc1C. The second-order valence-electron chi connectivity index (χ2n) is 5.30. The van der Waals surface area contributed by atoms with E-state index in [2.05, 4.69) is 0 Å². The molecule has 0 fully saturated rings. The largest absolute Gasteiger partial charge is 0.388 e. The number of rotatable bonds is 4. The molecule has 0 saturated carbocycles. The summed E-state index contributed by atoms with van der Waals surface area (Å²) >= 11 is 12.0. The minimum atomic E-state index is -0.674. The highest BCUT2D eigenvalue weighted by Crippen LogP contribution is 2.34. The number of hydrogen-bond donors (Lipinski definition) is 2. The van der Waals surface area contributed by atoms with Crippen molar-refractivity contribution in [3.8, 4) is 0 Å². The topological polar surface area (TPSA) is 46.2 Å². The Balaban J connectivity index is 2.35. The Morgan fingerprint density at radius 2 is 1.62 bits per heavy atom. The highest BCUT2D eigenvalue weighted by molar-refractivity contribution is 6.42. The summed E-state index contributed by atoms with van der Waals surface area (Å²) in [7, 11) is 0. The minimum Gasteiger partial charge on any atom is -0.388 e. The zero-order chi connectivity index (χ0) is 15.6. The molecule has 0 amide bonds. The molecule has 2 nitrogen and oxygen atoms in total. The number of halogens is 2. The molecule has 2 atom stereocenters. The van der Waals surface area contributed by atoms with Crippen molar-refractivity contribution >= 4 is 23.2 Å². The lowest BCUT2D eigenvalue weighted by molar-refractivity contribution is 0.147. The number of aliphatic hydroxyl groups is 1. The van der Waals surface area contributed by atoms with Crippen LogP contribution in [0.4, 0.5) is 0 Å². The van der Waals surface area contributed by atoms with E-state index in [4.69, 9.17) is 28.9 Å². The first-order valence-corrected chi connectivity index (χ1v) is 7.60. The molecule has 3 N–H and O–H groups in total. The second-order valence-corrected chi connectivity index (χ2v) is 6.12. The van der Waals surface area contributed by atoms with Crippen molar-refractivity contribution in [3.63, 3.8) is 0 Å². The van der Waals surface area contributed by atoms with Gasteiger partial charge in [0.05, 0.1) is 16.1 Å². The average Bonchev–Trinajstić information content (AvgIpc) is 2.46. The molecule has 4 heteroatoms. The van der Waals surface area contributed by atoms with Gasteiger partial charge in [0.25, 0.3) is 0 Å². The second kappa shape index (κ2) is 6.80. The van der Waals surface area contributed by atoms with E-state index < -0.39 is 6.10 Å². The first-order valence-electron chi connectivity index (χ1n) is 6.84. The molecule has 0 aromatic heterocycles. The number of nitrogens with two attached hydrogens (primary N) is 1. The predicted octanol–water partition coefficient (Wildman–Crippen LogP) is 4.39. The number of hydrogen-bond acceptors (Lipinski definition) is 2. The average molecular weight is 324 g/mol. The first kappa shape index (κ1) is 16.3. The quantitative estimate of drug-likeness (QED) is 0.876. The molecule has 0 aliphatic heterocycles. The smallest absolute Gasteiger partial charge is 0.0870 e. The Bertz CT molecular complexity index is 643. The molecule has 2 rings (SSSR count). The van der Waals surface area contributed by atoms with Crippen molar-refractivity contribution in [1.82, 2.24) is 0 Å². The summed E-state index contributed by atoms with van der Waals surface area (Å²) in [5.41, 5.74) is 9.96. The summed E-state index contributed by atoms with van der Waals surface area (Å²) in [5.74, 6) is -0.220. The van der Waals surface area contributed by atoms with Gasteiger partial charge < -0.3 is 10.8 Å². The van der Waals surface area contributed by atoms with Crippen LogP contribution >= 0.6 is 23.2 Å². The molecule has 0 radical (unpaired) electrons. The van der Waals surface area contributed by atoms with Crippen LogP contribution in [0.5, 0.6) is 0 Å². The summed E-state index contributed by atoms with van der Waals surface area (Å²) in [6.07, 6.45) is -0.674. The van der Waals surface area contributed by atoms with Crippen LogP contribution in [0.25, 0.3) is 0 Å². The minimum absolute atomic E-state index is 0.220. The van der Waals surface area contributed by atoms with E-state index in [0.29, 0.717) is 16.6 Å². The molecule has 0 spiro atoms. The standard InChI is InChI=1S/C17H19Cl2NO/c1-10-3-4-13(7-11(10)2)17(21)14(9-20)12-5-6-15(18)16(19)8-12/h3-8,14,17,21H,9,20H2,1-2H3. The Kier molecular flexibility index (Phi) is 5.28. The van der Waals surface area contributed by atoms with Crippen LogP contribution in [-0.2, 0) is 0 Å². The third-order valence-corrected chi connectivity index (χ3v) is 4.62. The van der Waals surface area contributed by atoms with Crippen molar-refractivity contribution in [2.24, 2.45) is 5.73 Å². The van der Waals surface area contributed by atoms with Crippen LogP contribution in [0.3, 0.4) is 0 Å². The lowest BCUT2D eigenvalue weighted by Crippen LogP contribution is -2.20. The normalized spacial score (nSPS) is 14.0. The molecule has 0 aliphatic carbocycles. The highest BCUT2D eigenvalue weighted by atomic mass is 35.5. The summed E-state index contributed by atoms with van der Waals surface area (Å²) in [6, 6.07) is 11.3. The van der Waals surface area contributed by atoms with Gasteiger partial charge in [-0.3, -0.25) is 0 Å². The van der Waals surface area contributed by atoms with Gasteiger partial charge in [-0.15, -0.1) is 0 Å². The molecule has 2 aromatic rings. The van der Waals surface area contributed by atoms with Gasteiger partial charge in [-0.25, -0.2) is 0 Å². The summed E-state index contributed by atoms with van der Waals surface area (Å²) in [4.78, 5) is 0. The maximum Gasteiger partial charge on any atom is 0.0870 e. The Morgan fingerprint density at radius 1 is 0.952 bits per heavy atom. The predicted molar refractivity (Wildman–Crippen MR) is 89.1 cm³/mol. The van der Waals surface area contributed by atoms with Crippen LogP contribution in [0, 0.1) is 13.8 Å². The number of aliphatic hydroxyl groups excluding tert-OH is 1. The van der Waals surface area contributed by atoms with Gasteiger partial charge in [0.2, 0.25) is 0 Å². The molecule has 112 valence electrons. The van der Waals surface area contributed by atoms with Gasteiger partial charge in [0.1, 0.15) is 0 Å². The lowest BCUT2D eigenvalue weighted by atomic mass is 9.88. The van der Waals surface area contributed by atoms with Crippen molar-refractivity contribution in [2.45, 2.75) is 25.9 Å². The van der Waals surface area contributed by atoms with Crippen molar-refractivity contribution in [2.75, 3.05) is 6.54 Å². The maximum absolute atomic E-state index is 10.7. The van der Waals surface area contributed by atoms with Crippen LogP contribution in [0.2, 0.25) is 10.0 Å². The highest BCUT2D eigenvalue weighted by Gasteiger charge is 2.22. The molecule has 0 aliphatic rings. The van der Waals surface area contributed by atoms with Gasteiger partial charge in [-0.05, 0) is 48.2 Å². The van der Waals surface area contributed by atoms with Crippen LogP contribution in [0.15, 0.2) is 36.4 Å². The van der Waals surface area contributed by atoms with Crippen molar-refractivity contribution < 1.29 is 5.11 Å². The van der Waals surface area contributed by atoms with E-state index >= 15 is 0 Å². The van der Waals surface area contributed by atoms with E-state index in [1.165, 1.54) is 5.56 Å². The van der Waals surface area contributed by atoms with Crippen LogP contribution in [-0.4, -0.2) is 11.7 Å². The number of aryl methyl sites for hydroxylation is 2. The van der Waals surface area contributed by atoms with E-state index in [-0.39, 0.29) is 5.92 Å². The third-order valence-electron chi connectivity index (χ3n) is 3.88. The fourth-order valence-corrected chi connectivity index (χ4v) is 2.68. The lowest BCUT2D eigenvalue weighted by Gasteiger charge is -2.23. The van der Waals surface area contributed by atoms with Gasteiger partial charge in [0, 0.05) is 12.5 Å². The molecular weight excluding hydrogens is 305 g/mol. The van der Waals surface area contributed by atoms with E-state index in [9.17, 15) is 5.11 Å². The third kappa shape index (κ3) is 3.58. The van der Waals surface area contributed by atoms with E-state index in [1.807, 2.05) is 38.1 Å². The summed E-state index contributed by atoms with van der Waals surface area (Å²) in [6.45, 7) is 4.40. The molecule has 0 heterocycles. The zero-order valence-electron chi connectivity index (χ0n) is 12.1. The molecule has 2 unspecified atom stereocenters. The van der Waals surface area contributed by atoms with Crippen molar-refractivity contribution in [3.05, 3.63) is 68.7 Å². The van der Waals surface area contributed by atoms with Crippen LogP contribution in [0.1, 0.15) is 34.3 Å². The Hall–Kier alpha value is -1.06. The van der Waals surface area contributed by atoms with Crippen LogP contribution < -0.4 is 5.73 Å².